The number of hydrogen-bond acceptors (Lipinski definition) is 4. The number of carbonyl (C=O) groups excluding carboxylic acids is 1. The van der Waals surface area contributed by atoms with Crippen LogP contribution in [0.25, 0.3) is 0 Å². The number of urea groups is 1. The summed E-state index contributed by atoms with van der Waals surface area (Å²) in [5.74, 6) is -2.55. The molecule has 2 saturated heterocycles. The number of amides is 2. The molecule has 3 rings (SSSR count). The fourth-order valence-corrected chi connectivity index (χ4v) is 4.31. The Labute approximate surface area is 152 Å². The Morgan fingerprint density at radius 3 is 2.19 bits per heavy atom. The first-order valence-corrected chi connectivity index (χ1v) is 10.5. The lowest BCUT2D eigenvalue weighted by atomic mass is 10.1. The first-order chi connectivity index (χ1) is 12.2. The van der Waals surface area contributed by atoms with Crippen LogP contribution in [0.2, 0.25) is 0 Å². The molecule has 9 heteroatoms. The van der Waals surface area contributed by atoms with Gasteiger partial charge in [-0.1, -0.05) is 12.1 Å². The van der Waals surface area contributed by atoms with Gasteiger partial charge in [0.1, 0.15) is 0 Å². The van der Waals surface area contributed by atoms with Gasteiger partial charge in [-0.05, 0) is 17.7 Å². The molecule has 144 valence electrons. The quantitative estimate of drug-likeness (QED) is 0.863. The van der Waals surface area contributed by atoms with Gasteiger partial charge in [0, 0.05) is 51.3 Å². The first-order valence-electron chi connectivity index (χ1n) is 8.68. The van der Waals surface area contributed by atoms with Crippen LogP contribution in [0.4, 0.5) is 19.3 Å². The number of likely N-dealkylation sites (tertiary alicyclic amines) is 1. The van der Waals surface area contributed by atoms with Crippen molar-refractivity contribution >= 4 is 21.6 Å². The van der Waals surface area contributed by atoms with Crippen LogP contribution in [0.15, 0.2) is 24.3 Å². The molecule has 1 aromatic rings. The van der Waals surface area contributed by atoms with Gasteiger partial charge in [0.05, 0.1) is 11.5 Å². The minimum atomic E-state index is -3.02. The van der Waals surface area contributed by atoms with Crippen LogP contribution in [0.1, 0.15) is 18.4 Å². The van der Waals surface area contributed by atoms with E-state index in [1.54, 1.807) is 12.1 Å². The number of alkyl halides is 2. The van der Waals surface area contributed by atoms with E-state index in [2.05, 4.69) is 5.32 Å². The average molecular weight is 387 g/mol. The van der Waals surface area contributed by atoms with Gasteiger partial charge < -0.3 is 10.2 Å². The number of sulfone groups is 1. The Bertz CT molecular complexity index is 729. The predicted octanol–water partition coefficient (Wildman–Crippen LogP) is 2.18. The maximum absolute atomic E-state index is 13.2. The highest BCUT2D eigenvalue weighted by Gasteiger charge is 2.33. The summed E-state index contributed by atoms with van der Waals surface area (Å²) in [5, 5.41) is 2.76. The second-order valence-corrected chi connectivity index (χ2v) is 9.20. The molecule has 6 nitrogen and oxygen atoms in total. The van der Waals surface area contributed by atoms with Gasteiger partial charge in [-0.3, -0.25) is 4.90 Å². The highest BCUT2D eigenvalue weighted by molar-refractivity contribution is 7.91. The number of halogens is 2. The fourth-order valence-electron chi connectivity index (χ4n) is 3.11. The summed E-state index contributed by atoms with van der Waals surface area (Å²) < 4.78 is 49.2. The van der Waals surface area contributed by atoms with Crippen molar-refractivity contribution in [2.24, 2.45) is 0 Å². The normalized spacial score (nSPS) is 22.8. The zero-order chi connectivity index (χ0) is 18.8. The lowest BCUT2D eigenvalue weighted by Gasteiger charge is -2.31. The number of carbonyl (C=O) groups is 1. The standard InChI is InChI=1S/C17H23F2N3O3S/c18-17(19)5-7-21(8-6-17)13-14-1-3-15(4-2-14)20-16(23)22-9-11-26(24,25)12-10-22/h1-4H,5-13H2,(H,20,23). The maximum atomic E-state index is 13.2. The van der Waals surface area contributed by atoms with Crippen molar-refractivity contribution in [3.8, 4) is 0 Å². The lowest BCUT2D eigenvalue weighted by Crippen LogP contribution is -2.45. The summed E-state index contributed by atoms with van der Waals surface area (Å²) in [6.07, 6.45) is -0.209. The number of rotatable bonds is 3. The Hall–Kier alpha value is -1.74. The summed E-state index contributed by atoms with van der Waals surface area (Å²) in [4.78, 5) is 15.7. The molecule has 0 spiro atoms. The van der Waals surface area contributed by atoms with E-state index < -0.39 is 15.8 Å². The van der Waals surface area contributed by atoms with E-state index in [-0.39, 0.29) is 43.5 Å². The number of anilines is 1. The molecule has 0 radical (unpaired) electrons. The topological polar surface area (TPSA) is 69.7 Å². The average Bonchev–Trinajstić information content (AvgIpc) is 2.58. The fraction of sp³-hybridized carbons (Fsp3) is 0.588. The van der Waals surface area contributed by atoms with Crippen LogP contribution in [-0.4, -0.2) is 67.9 Å². The Kier molecular flexibility index (Phi) is 5.47. The molecular formula is C17H23F2N3O3S. The molecular weight excluding hydrogens is 364 g/mol. The summed E-state index contributed by atoms with van der Waals surface area (Å²) in [5.41, 5.74) is 1.62. The highest BCUT2D eigenvalue weighted by atomic mass is 32.2. The van der Waals surface area contributed by atoms with Crippen LogP contribution in [0, 0.1) is 0 Å². The Morgan fingerprint density at radius 1 is 1.04 bits per heavy atom. The smallest absolute Gasteiger partial charge is 0.321 e. The van der Waals surface area contributed by atoms with Crippen LogP contribution in [-0.2, 0) is 16.4 Å². The molecule has 2 aliphatic heterocycles. The second kappa shape index (κ2) is 7.48. The van der Waals surface area contributed by atoms with Crippen LogP contribution in [0.5, 0.6) is 0 Å². The molecule has 1 N–H and O–H groups in total. The molecule has 26 heavy (non-hydrogen) atoms. The van der Waals surface area contributed by atoms with Gasteiger partial charge in [-0.25, -0.2) is 22.0 Å². The summed E-state index contributed by atoms with van der Waals surface area (Å²) in [6, 6.07) is 6.95. The number of benzene rings is 1. The van der Waals surface area contributed by atoms with Crippen LogP contribution in [0.3, 0.4) is 0 Å². The zero-order valence-corrected chi connectivity index (χ0v) is 15.3. The number of hydrogen-bond donors (Lipinski definition) is 1. The van der Waals surface area contributed by atoms with E-state index in [9.17, 15) is 22.0 Å². The SMILES string of the molecule is O=C(Nc1ccc(CN2CCC(F)(F)CC2)cc1)N1CCS(=O)(=O)CC1. The molecule has 2 fully saturated rings. The van der Waals surface area contributed by atoms with Crippen molar-refractivity contribution in [1.29, 1.82) is 0 Å². The largest absolute Gasteiger partial charge is 0.322 e. The number of nitrogens with one attached hydrogen (secondary N) is 1. The summed E-state index contributed by atoms with van der Waals surface area (Å²) >= 11 is 0. The number of piperidine rings is 1. The van der Waals surface area contributed by atoms with E-state index in [0.717, 1.165) is 5.56 Å². The number of nitrogens with zero attached hydrogens (tertiary/aromatic N) is 2. The van der Waals surface area contributed by atoms with Crippen LogP contribution < -0.4 is 5.32 Å². The van der Waals surface area contributed by atoms with E-state index in [0.29, 0.717) is 25.3 Å². The van der Waals surface area contributed by atoms with Gasteiger partial charge in [0.2, 0.25) is 0 Å². The van der Waals surface area contributed by atoms with Crippen molar-refractivity contribution in [2.75, 3.05) is 43.0 Å². The molecule has 0 saturated carbocycles. The minimum Gasteiger partial charge on any atom is -0.322 e. The van der Waals surface area contributed by atoms with E-state index in [4.69, 9.17) is 0 Å². The monoisotopic (exact) mass is 387 g/mol. The van der Waals surface area contributed by atoms with Crippen molar-refractivity contribution in [3.63, 3.8) is 0 Å². The molecule has 2 heterocycles. The summed E-state index contributed by atoms with van der Waals surface area (Å²) in [7, 11) is -3.02. The molecule has 2 amide bonds. The minimum absolute atomic E-state index is 0.00572. The lowest BCUT2D eigenvalue weighted by molar-refractivity contribution is -0.0566. The van der Waals surface area contributed by atoms with E-state index in [1.165, 1.54) is 4.90 Å². The highest BCUT2D eigenvalue weighted by Crippen LogP contribution is 2.28. The Balaban J connectivity index is 1.49. The van der Waals surface area contributed by atoms with Crippen molar-refractivity contribution in [2.45, 2.75) is 25.3 Å². The molecule has 0 bridgehead atoms. The van der Waals surface area contributed by atoms with Gasteiger partial charge in [0.15, 0.2) is 9.84 Å². The van der Waals surface area contributed by atoms with Crippen molar-refractivity contribution < 1.29 is 22.0 Å². The van der Waals surface area contributed by atoms with Crippen molar-refractivity contribution in [1.82, 2.24) is 9.80 Å². The molecule has 2 aliphatic rings. The van der Waals surface area contributed by atoms with Gasteiger partial charge in [-0.15, -0.1) is 0 Å². The second-order valence-electron chi connectivity index (χ2n) is 6.90. The van der Waals surface area contributed by atoms with Gasteiger partial charge in [-0.2, -0.15) is 0 Å². The third-order valence-electron chi connectivity index (χ3n) is 4.83. The molecule has 0 aliphatic carbocycles. The zero-order valence-electron chi connectivity index (χ0n) is 14.5. The molecule has 1 aromatic carbocycles. The van der Waals surface area contributed by atoms with Crippen LogP contribution >= 0.6 is 0 Å². The third-order valence-corrected chi connectivity index (χ3v) is 6.44. The predicted molar refractivity (Wildman–Crippen MR) is 95.1 cm³/mol. The van der Waals surface area contributed by atoms with E-state index in [1.807, 2.05) is 17.0 Å². The van der Waals surface area contributed by atoms with Crippen molar-refractivity contribution in [3.05, 3.63) is 29.8 Å². The summed E-state index contributed by atoms with van der Waals surface area (Å²) in [6.45, 7) is 1.76. The molecule has 0 atom stereocenters. The third kappa shape index (κ3) is 5.14. The first kappa shape index (κ1) is 19.0. The van der Waals surface area contributed by atoms with E-state index >= 15 is 0 Å². The maximum Gasteiger partial charge on any atom is 0.321 e. The van der Waals surface area contributed by atoms with Gasteiger partial charge >= 0.3 is 6.03 Å². The molecule has 0 aromatic heterocycles. The Morgan fingerprint density at radius 2 is 1.62 bits per heavy atom. The van der Waals surface area contributed by atoms with Gasteiger partial charge in [0.25, 0.3) is 5.92 Å². The molecule has 0 unspecified atom stereocenters.